The van der Waals surface area contributed by atoms with Crippen molar-refractivity contribution < 1.29 is 28.8 Å². The van der Waals surface area contributed by atoms with Crippen molar-refractivity contribution in [2.24, 2.45) is 0 Å². The highest BCUT2D eigenvalue weighted by Crippen LogP contribution is 2.15. The van der Waals surface area contributed by atoms with E-state index in [2.05, 4.69) is 5.32 Å². The Kier molecular flexibility index (Phi) is 6.96. The highest BCUT2D eigenvalue weighted by molar-refractivity contribution is 6.01. The summed E-state index contributed by atoms with van der Waals surface area (Å²) in [6, 6.07) is 16.2. The van der Waals surface area contributed by atoms with Gasteiger partial charge in [-0.1, -0.05) is 42.5 Å². The average molecular weight is 421 g/mol. The molecule has 0 bridgehead atoms. The van der Waals surface area contributed by atoms with Gasteiger partial charge in [-0.15, -0.1) is 5.06 Å². The molecule has 0 aromatic heterocycles. The van der Waals surface area contributed by atoms with E-state index >= 15 is 0 Å². The summed E-state index contributed by atoms with van der Waals surface area (Å²) in [4.78, 5) is 53.4. The number of nitrogens with one attached hydrogen (secondary N) is 1. The van der Waals surface area contributed by atoms with Gasteiger partial charge in [0.1, 0.15) is 12.6 Å². The minimum Gasteiger partial charge on any atom is -0.445 e. The molecule has 0 radical (unpaired) electrons. The van der Waals surface area contributed by atoms with Crippen LogP contribution < -0.4 is 5.32 Å². The number of imide groups is 1. The molecule has 2 aromatic carbocycles. The number of benzene rings is 2. The van der Waals surface area contributed by atoms with E-state index in [0.29, 0.717) is 16.2 Å². The molecule has 9 heteroatoms. The molecule has 2 aromatic rings. The molecule has 3 rings (SSSR count). The topological polar surface area (TPSA) is 126 Å². The first kappa shape index (κ1) is 21.5. The average Bonchev–Trinajstić information content (AvgIpc) is 3.10. The van der Waals surface area contributed by atoms with Crippen LogP contribution in [0.2, 0.25) is 0 Å². The zero-order valence-electron chi connectivity index (χ0n) is 16.4. The predicted molar refractivity (Wildman–Crippen MR) is 106 cm³/mol. The lowest BCUT2D eigenvalue weighted by molar-refractivity contribution is -0.198. The standard InChI is InChI=1S/C22H19N3O6/c23-13-17-8-4-7-16(11-17)12-18(21(28)31-25-19(26)9-10-20(25)27)24-22(29)30-14-15-5-2-1-3-6-15/h1-8,11,18H,9-10,12,14H2,(H,24,29)/t18-/m0/s1. The molecule has 31 heavy (non-hydrogen) atoms. The lowest BCUT2D eigenvalue weighted by Crippen LogP contribution is -2.46. The van der Waals surface area contributed by atoms with Gasteiger partial charge in [0.25, 0.3) is 11.8 Å². The quantitative estimate of drug-likeness (QED) is 0.678. The van der Waals surface area contributed by atoms with Gasteiger partial charge in [0.2, 0.25) is 0 Å². The highest BCUT2D eigenvalue weighted by Gasteiger charge is 2.35. The smallest absolute Gasteiger partial charge is 0.408 e. The molecule has 0 unspecified atom stereocenters. The Balaban J connectivity index is 1.70. The summed E-state index contributed by atoms with van der Waals surface area (Å²) in [5.74, 6) is -2.26. The molecule has 1 aliphatic rings. The van der Waals surface area contributed by atoms with E-state index in [0.717, 1.165) is 5.56 Å². The summed E-state index contributed by atoms with van der Waals surface area (Å²) in [5, 5.41) is 11.9. The van der Waals surface area contributed by atoms with Gasteiger partial charge in [0.15, 0.2) is 0 Å². The number of ether oxygens (including phenoxy) is 1. The molecule has 0 saturated carbocycles. The number of alkyl carbamates (subject to hydrolysis) is 1. The molecule has 1 fully saturated rings. The molecular formula is C22H19N3O6. The van der Waals surface area contributed by atoms with Gasteiger partial charge in [-0.05, 0) is 23.3 Å². The lowest BCUT2D eigenvalue weighted by Gasteiger charge is -2.20. The van der Waals surface area contributed by atoms with E-state index in [9.17, 15) is 19.2 Å². The fraction of sp³-hybridized carbons (Fsp3) is 0.227. The monoisotopic (exact) mass is 421 g/mol. The van der Waals surface area contributed by atoms with Gasteiger partial charge < -0.3 is 14.9 Å². The van der Waals surface area contributed by atoms with Crippen LogP contribution in [0, 0.1) is 11.3 Å². The minimum atomic E-state index is -1.25. The lowest BCUT2D eigenvalue weighted by atomic mass is 10.0. The van der Waals surface area contributed by atoms with Crippen LogP contribution >= 0.6 is 0 Å². The van der Waals surface area contributed by atoms with E-state index < -0.39 is 29.9 Å². The number of hydrogen-bond donors (Lipinski definition) is 1. The number of rotatable bonds is 7. The SMILES string of the molecule is N#Cc1cccc(C[C@H](NC(=O)OCc2ccccc2)C(=O)ON2C(=O)CCC2=O)c1. The summed E-state index contributed by atoms with van der Waals surface area (Å²) in [6.07, 6.45) is -1.01. The van der Waals surface area contributed by atoms with Gasteiger partial charge >= 0.3 is 12.1 Å². The number of carbonyl (C=O) groups is 4. The van der Waals surface area contributed by atoms with Crippen molar-refractivity contribution in [1.82, 2.24) is 10.4 Å². The van der Waals surface area contributed by atoms with Crippen molar-refractivity contribution >= 4 is 23.9 Å². The third-order valence-corrected chi connectivity index (χ3v) is 4.47. The molecule has 3 amide bonds. The Morgan fingerprint density at radius 1 is 1.03 bits per heavy atom. The van der Waals surface area contributed by atoms with Crippen molar-refractivity contribution in [2.45, 2.75) is 31.9 Å². The molecule has 1 atom stereocenters. The van der Waals surface area contributed by atoms with Gasteiger partial charge in [-0.25, -0.2) is 9.59 Å². The number of hydrogen-bond acceptors (Lipinski definition) is 7. The van der Waals surface area contributed by atoms with Crippen LogP contribution in [0.25, 0.3) is 0 Å². The van der Waals surface area contributed by atoms with E-state index in [-0.39, 0.29) is 25.9 Å². The first-order valence-corrected chi connectivity index (χ1v) is 9.50. The summed E-state index contributed by atoms with van der Waals surface area (Å²) in [6.45, 7) is -0.0124. The zero-order chi connectivity index (χ0) is 22.2. The molecular weight excluding hydrogens is 402 g/mol. The van der Waals surface area contributed by atoms with Crippen molar-refractivity contribution in [3.05, 3.63) is 71.3 Å². The maximum atomic E-state index is 12.7. The van der Waals surface area contributed by atoms with Crippen molar-refractivity contribution in [1.29, 1.82) is 5.26 Å². The predicted octanol–water partition coefficient (Wildman–Crippen LogP) is 2.00. The summed E-state index contributed by atoms with van der Waals surface area (Å²) < 4.78 is 5.15. The maximum absolute atomic E-state index is 12.7. The Bertz CT molecular complexity index is 1020. The molecule has 9 nitrogen and oxygen atoms in total. The van der Waals surface area contributed by atoms with Crippen LogP contribution in [-0.4, -0.2) is 35.0 Å². The number of hydroxylamine groups is 2. The van der Waals surface area contributed by atoms with Crippen LogP contribution in [0.4, 0.5) is 4.79 Å². The van der Waals surface area contributed by atoms with Crippen molar-refractivity contribution in [3.8, 4) is 6.07 Å². The molecule has 1 heterocycles. The van der Waals surface area contributed by atoms with Gasteiger partial charge in [0.05, 0.1) is 11.6 Å². The van der Waals surface area contributed by atoms with E-state index in [1.54, 1.807) is 48.5 Å². The van der Waals surface area contributed by atoms with Gasteiger partial charge in [-0.3, -0.25) is 9.59 Å². The molecule has 1 N–H and O–H groups in total. The third kappa shape index (κ3) is 5.90. The first-order valence-electron chi connectivity index (χ1n) is 9.50. The molecule has 158 valence electrons. The Morgan fingerprint density at radius 3 is 2.39 bits per heavy atom. The second-order valence-corrected chi connectivity index (χ2v) is 6.77. The zero-order valence-corrected chi connectivity index (χ0v) is 16.4. The largest absolute Gasteiger partial charge is 0.445 e. The van der Waals surface area contributed by atoms with Crippen LogP contribution in [0.15, 0.2) is 54.6 Å². The van der Waals surface area contributed by atoms with Crippen molar-refractivity contribution in [2.75, 3.05) is 0 Å². The number of carbonyl (C=O) groups excluding carboxylic acids is 4. The van der Waals surface area contributed by atoms with Crippen LogP contribution in [0.3, 0.4) is 0 Å². The molecule has 1 aliphatic heterocycles. The second kappa shape index (κ2) is 10.0. The summed E-state index contributed by atoms with van der Waals surface area (Å²) >= 11 is 0. The molecule has 0 aliphatic carbocycles. The van der Waals surface area contributed by atoms with Crippen molar-refractivity contribution in [3.63, 3.8) is 0 Å². The van der Waals surface area contributed by atoms with Crippen LogP contribution in [0.1, 0.15) is 29.5 Å². The van der Waals surface area contributed by atoms with Gasteiger partial charge in [-0.2, -0.15) is 5.26 Å². The van der Waals surface area contributed by atoms with E-state index in [1.165, 1.54) is 0 Å². The number of nitrogens with zero attached hydrogens (tertiary/aromatic N) is 2. The Morgan fingerprint density at radius 2 is 1.71 bits per heavy atom. The van der Waals surface area contributed by atoms with Gasteiger partial charge in [0, 0.05) is 19.3 Å². The van der Waals surface area contributed by atoms with Crippen LogP contribution in [0.5, 0.6) is 0 Å². The Hall–Kier alpha value is -4.19. The van der Waals surface area contributed by atoms with E-state index in [4.69, 9.17) is 14.8 Å². The second-order valence-electron chi connectivity index (χ2n) is 6.77. The fourth-order valence-electron chi connectivity index (χ4n) is 2.92. The highest BCUT2D eigenvalue weighted by atomic mass is 16.7. The number of amides is 3. The first-order chi connectivity index (χ1) is 15.0. The Labute approximate surface area is 178 Å². The number of nitriles is 1. The third-order valence-electron chi connectivity index (χ3n) is 4.47. The minimum absolute atomic E-state index is 0.0124. The maximum Gasteiger partial charge on any atom is 0.408 e. The molecule has 1 saturated heterocycles. The normalized spacial score (nSPS) is 14.0. The fourth-order valence-corrected chi connectivity index (χ4v) is 2.92. The van der Waals surface area contributed by atoms with Crippen LogP contribution in [-0.2, 0) is 37.0 Å². The molecule has 0 spiro atoms. The summed E-state index contributed by atoms with van der Waals surface area (Å²) in [5.41, 5.74) is 1.70. The van der Waals surface area contributed by atoms with E-state index in [1.807, 2.05) is 12.1 Å². The summed E-state index contributed by atoms with van der Waals surface area (Å²) in [7, 11) is 0.